The molecule has 2 rings (SSSR count). The molecular weight excluding hydrogens is 253 g/mol. The molecular formula is C14H17ClFNO. The van der Waals surface area contributed by atoms with Gasteiger partial charge >= 0.3 is 0 Å². The number of ketones is 1. The first kappa shape index (κ1) is 13.5. The van der Waals surface area contributed by atoms with E-state index in [1.54, 1.807) is 13.0 Å². The number of halogens is 2. The molecule has 0 aliphatic carbocycles. The molecule has 0 saturated carbocycles. The van der Waals surface area contributed by atoms with E-state index in [1.165, 1.54) is 12.1 Å². The van der Waals surface area contributed by atoms with Crippen molar-refractivity contribution in [1.29, 1.82) is 0 Å². The first-order valence-corrected chi connectivity index (χ1v) is 6.61. The molecule has 1 aromatic rings. The Bertz CT molecular complexity index is 449. The fraction of sp³-hybridized carbons (Fsp3) is 0.500. The van der Waals surface area contributed by atoms with Crippen LogP contribution in [0, 0.1) is 11.7 Å². The molecule has 0 radical (unpaired) electrons. The van der Waals surface area contributed by atoms with Crippen LogP contribution in [-0.2, 0) is 11.3 Å². The maximum Gasteiger partial charge on any atom is 0.134 e. The van der Waals surface area contributed by atoms with Crippen molar-refractivity contribution in [2.75, 3.05) is 13.1 Å². The maximum atomic E-state index is 13.2. The molecule has 1 aliphatic heterocycles. The average Bonchev–Trinajstić information content (AvgIpc) is 2.34. The zero-order valence-electron chi connectivity index (χ0n) is 10.5. The quantitative estimate of drug-likeness (QED) is 0.839. The first-order valence-electron chi connectivity index (χ1n) is 6.23. The Labute approximate surface area is 112 Å². The molecule has 0 amide bonds. The smallest absolute Gasteiger partial charge is 0.134 e. The molecule has 2 nitrogen and oxygen atoms in total. The van der Waals surface area contributed by atoms with Gasteiger partial charge in [0.1, 0.15) is 11.6 Å². The second-order valence-electron chi connectivity index (χ2n) is 4.92. The minimum absolute atomic E-state index is 0.117. The third-order valence-electron chi connectivity index (χ3n) is 3.48. The number of rotatable bonds is 3. The van der Waals surface area contributed by atoms with Crippen molar-refractivity contribution in [2.45, 2.75) is 26.3 Å². The predicted octanol–water partition coefficient (Wildman–Crippen LogP) is 3.28. The number of Topliss-reactive ketones (excluding diaryl/α,β-unsaturated/α-hetero) is 1. The van der Waals surface area contributed by atoms with E-state index in [2.05, 4.69) is 4.90 Å². The molecule has 1 heterocycles. The van der Waals surface area contributed by atoms with Gasteiger partial charge in [-0.05, 0) is 50.1 Å². The monoisotopic (exact) mass is 269 g/mol. The lowest BCUT2D eigenvalue weighted by Crippen LogP contribution is -2.37. The second-order valence-corrected chi connectivity index (χ2v) is 5.33. The van der Waals surface area contributed by atoms with Crippen LogP contribution >= 0.6 is 11.6 Å². The van der Waals surface area contributed by atoms with Crippen molar-refractivity contribution < 1.29 is 9.18 Å². The SMILES string of the molecule is CC(=O)C1CCCN(Cc2cc(F)ccc2Cl)C1. The van der Waals surface area contributed by atoms with E-state index in [0.717, 1.165) is 31.5 Å². The summed E-state index contributed by atoms with van der Waals surface area (Å²) in [5.41, 5.74) is 0.792. The van der Waals surface area contributed by atoms with Crippen LogP contribution in [0.4, 0.5) is 4.39 Å². The Morgan fingerprint density at radius 1 is 1.56 bits per heavy atom. The van der Waals surface area contributed by atoms with Gasteiger partial charge in [-0.2, -0.15) is 0 Å². The van der Waals surface area contributed by atoms with Gasteiger partial charge in [-0.25, -0.2) is 4.39 Å². The van der Waals surface area contributed by atoms with Crippen molar-refractivity contribution in [3.8, 4) is 0 Å². The second kappa shape index (κ2) is 5.81. The van der Waals surface area contributed by atoms with E-state index in [-0.39, 0.29) is 17.5 Å². The summed E-state index contributed by atoms with van der Waals surface area (Å²) in [6, 6.07) is 4.42. The summed E-state index contributed by atoms with van der Waals surface area (Å²) < 4.78 is 13.2. The van der Waals surface area contributed by atoms with Crippen molar-refractivity contribution in [1.82, 2.24) is 4.90 Å². The van der Waals surface area contributed by atoms with Gasteiger partial charge in [0.2, 0.25) is 0 Å². The Kier molecular flexibility index (Phi) is 4.36. The molecule has 1 atom stereocenters. The van der Waals surface area contributed by atoms with Crippen molar-refractivity contribution in [3.63, 3.8) is 0 Å². The predicted molar refractivity (Wildman–Crippen MR) is 70.1 cm³/mol. The van der Waals surface area contributed by atoms with Crippen LogP contribution in [0.2, 0.25) is 5.02 Å². The van der Waals surface area contributed by atoms with Gasteiger partial charge in [-0.1, -0.05) is 11.6 Å². The van der Waals surface area contributed by atoms with E-state index in [0.29, 0.717) is 11.6 Å². The minimum atomic E-state index is -0.269. The fourth-order valence-electron chi connectivity index (χ4n) is 2.44. The highest BCUT2D eigenvalue weighted by Crippen LogP contribution is 2.23. The number of piperidine rings is 1. The first-order chi connectivity index (χ1) is 8.56. The van der Waals surface area contributed by atoms with Crippen molar-refractivity contribution >= 4 is 17.4 Å². The molecule has 4 heteroatoms. The minimum Gasteiger partial charge on any atom is -0.300 e. The third-order valence-corrected chi connectivity index (χ3v) is 3.85. The summed E-state index contributed by atoms with van der Waals surface area (Å²) in [6.07, 6.45) is 1.97. The van der Waals surface area contributed by atoms with Gasteiger partial charge in [-0.15, -0.1) is 0 Å². The molecule has 0 spiro atoms. The number of hydrogen-bond donors (Lipinski definition) is 0. The molecule has 0 N–H and O–H groups in total. The highest BCUT2D eigenvalue weighted by molar-refractivity contribution is 6.31. The maximum absolute atomic E-state index is 13.2. The number of benzene rings is 1. The van der Waals surface area contributed by atoms with E-state index in [1.807, 2.05) is 0 Å². The van der Waals surface area contributed by atoms with E-state index >= 15 is 0 Å². The summed E-state index contributed by atoms with van der Waals surface area (Å²) in [7, 11) is 0. The van der Waals surface area contributed by atoms with Crippen molar-refractivity contribution in [2.24, 2.45) is 5.92 Å². The van der Waals surface area contributed by atoms with Crippen LogP contribution in [0.5, 0.6) is 0 Å². The van der Waals surface area contributed by atoms with E-state index in [9.17, 15) is 9.18 Å². The largest absolute Gasteiger partial charge is 0.300 e. The summed E-state index contributed by atoms with van der Waals surface area (Å²) in [5.74, 6) is 0.0886. The number of hydrogen-bond acceptors (Lipinski definition) is 2. The molecule has 1 saturated heterocycles. The lowest BCUT2D eigenvalue weighted by Gasteiger charge is -2.31. The van der Waals surface area contributed by atoms with E-state index < -0.39 is 0 Å². The van der Waals surface area contributed by atoms with Gasteiger partial charge in [0.05, 0.1) is 0 Å². The number of carbonyl (C=O) groups excluding carboxylic acids is 1. The van der Waals surface area contributed by atoms with Crippen LogP contribution in [0.25, 0.3) is 0 Å². The van der Waals surface area contributed by atoms with E-state index in [4.69, 9.17) is 11.6 Å². The van der Waals surface area contributed by atoms with Crippen LogP contribution < -0.4 is 0 Å². The Hall–Kier alpha value is -0.930. The number of carbonyl (C=O) groups is 1. The highest BCUT2D eigenvalue weighted by Gasteiger charge is 2.23. The summed E-state index contributed by atoms with van der Waals surface area (Å²) in [6.45, 7) is 3.95. The molecule has 0 aromatic heterocycles. The fourth-order valence-corrected chi connectivity index (χ4v) is 2.61. The van der Waals surface area contributed by atoms with Crippen LogP contribution in [0.3, 0.4) is 0 Å². The lowest BCUT2D eigenvalue weighted by molar-refractivity contribution is -0.122. The van der Waals surface area contributed by atoms with Crippen molar-refractivity contribution in [3.05, 3.63) is 34.6 Å². The zero-order chi connectivity index (χ0) is 13.1. The highest BCUT2D eigenvalue weighted by atomic mass is 35.5. The van der Waals surface area contributed by atoms with Gasteiger partial charge < -0.3 is 0 Å². The molecule has 0 bridgehead atoms. The Morgan fingerprint density at radius 2 is 2.33 bits per heavy atom. The number of nitrogens with zero attached hydrogens (tertiary/aromatic N) is 1. The third kappa shape index (κ3) is 3.30. The lowest BCUT2D eigenvalue weighted by atomic mass is 9.94. The van der Waals surface area contributed by atoms with Gasteiger partial charge in [0.15, 0.2) is 0 Å². The normalized spacial score (nSPS) is 20.9. The summed E-state index contributed by atoms with van der Waals surface area (Å²) in [5, 5.41) is 0.585. The zero-order valence-corrected chi connectivity index (χ0v) is 11.2. The number of likely N-dealkylation sites (tertiary alicyclic amines) is 1. The summed E-state index contributed by atoms with van der Waals surface area (Å²) >= 11 is 6.05. The van der Waals surface area contributed by atoms with Gasteiger partial charge in [-0.3, -0.25) is 9.69 Å². The molecule has 1 unspecified atom stereocenters. The molecule has 98 valence electrons. The Balaban J connectivity index is 2.04. The van der Waals surface area contributed by atoms with Gasteiger partial charge in [0, 0.05) is 24.0 Å². The van der Waals surface area contributed by atoms with Gasteiger partial charge in [0.25, 0.3) is 0 Å². The average molecular weight is 270 g/mol. The summed E-state index contributed by atoms with van der Waals surface area (Å²) in [4.78, 5) is 13.6. The molecule has 1 aliphatic rings. The molecule has 18 heavy (non-hydrogen) atoms. The Morgan fingerprint density at radius 3 is 3.06 bits per heavy atom. The van der Waals surface area contributed by atoms with Crippen LogP contribution in [0.15, 0.2) is 18.2 Å². The standard InChI is InChI=1S/C14H17ClFNO/c1-10(18)11-3-2-6-17(8-11)9-12-7-13(16)4-5-14(12)15/h4-5,7,11H,2-3,6,8-9H2,1H3. The van der Waals surface area contributed by atoms with Crippen LogP contribution in [0.1, 0.15) is 25.3 Å². The van der Waals surface area contributed by atoms with Crippen LogP contribution in [-0.4, -0.2) is 23.8 Å². The topological polar surface area (TPSA) is 20.3 Å². The molecule has 1 fully saturated rings. The molecule has 1 aromatic carbocycles.